The summed E-state index contributed by atoms with van der Waals surface area (Å²) >= 11 is 0. The summed E-state index contributed by atoms with van der Waals surface area (Å²) in [7, 11) is 0. The molecule has 1 amide bonds. The summed E-state index contributed by atoms with van der Waals surface area (Å²) in [4.78, 5) is 11.7. The van der Waals surface area contributed by atoms with Crippen molar-refractivity contribution in [3.63, 3.8) is 0 Å². The van der Waals surface area contributed by atoms with E-state index in [4.69, 9.17) is 0 Å². The molecule has 0 radical (unpaired) electrons. The van der Waals surface area contributed by atoms with Crippen molar-refractivity contribution in [2.75, 3.05) is 6.54 Å². The van der Waals surface area contributed by atoms with Crippen molar-refractivity contribution in [3.05, 3.63) is 0 Å². The molecule has 1 fully saturated rings. The molecule has 1 rings (SSSR count). The van der Waals surface area contributed by atoms with Gasteiger partial charge in [0.25, 0.3) is 0 Å². The second kappa shape index (κ2) is 6.11. The van der Waals surface area contributed by atoms with Crippen molar-refractivity contribution >= 4 is 5.91 Å². The maximum Gasteiger partial charge on any atom is 0.223 e. The van der Waals surface area contributed by atoms with Crippen LogP contribution in [-0.4, -0.2) is 23.7 Å². The number of carbonyl (C=O) groups excluding carboxylic acids is 1. The first-order chi connectivity index (χ1) is 7.09. The van der Waals surface area contributed by atoms with Crippen LogP contribution in [0.3, 0.4) is 0 Å². The normalized spacial score (nSPS) is 21.3. The minimum absolute atomic E-state index is 0.213. The molecule has 1 aliphatic carbocycles. The van der Waals surface area contributed by atoms with Gasteiger partial charge in [-0.05, 0) is 32.1 Å². The molecule has 2 atom stereocenters. The van der Waals surface area contributed by atoms with Crippen LogP contribution in [0, 0.1) is 11.8 Å². The lowest BCUT2D eigenvalue weighted by atomic mass is 10.0. The van der Waals surface area contributed by atoms with Crippen molar-refractivity contribution in [2.45, 2.75) is 52.1 Å². The third-order valence-electron chi connectivity index (χ3n) is 3.09. The Bertz CT molecular complexity index is 198. The van der Waals surface area contributed by atoms with Crippen LogP contribution in [0.25, 0.3) is 0 Å². The zero-order chi connectivity index (χ0) is 11.3. The summed E-state index contributed by atoms with van der Waals surface area (Å²) in [5.41, 5.74) is 0. The average molecular weight is 213 g/mol. The summed E-state index contributed by atoms with van der Waals surface area (Å²) in [5.74, 6) is 0.823. The summed E-state index contributed by atoms with van der Waals surface area (Å²) in [6.45, 7) is 4.54. The van der Waals surface area contributed by atoms with Gasteiger partial charge >= 0.3 is 0 Å². The molecule has 2 unspecified atom stereocenters. The number of amides is 1. The molecule has 0 bridgehead atoms. The lowest BCUT2D eigenvalue weighted by Crippen LogP contribution is -2.33. The van der Waals surface area contributed by atoms with Gasteiger partial charge in [0.1, 0.15) is 0 Å². The standard InChI is InChI=1S/C12H23NO2/c1-9(7-10(2)14)8-13-12(15)11-5-3-4-6-11/h9-11,14H,3-8H2,1-2H3,(H,13,15). The van der Waals surface area contributed by atoms with Gasteiger partial charge in [-0.15, -0.1) is 0 Å². The fraction of sp³-hybridized carbons (Fsp3) is 0.917. The SMILES string of the molecule is CC(O)CC(C)CNC(=O)C1CCCC1. The molecule has 0 aromatic rings. The van der Waals surface area contributed by atoms with Crippen LogP contribution in [0.2, 0.25) is 0 Å². The number of rotatable bonds is 5. The van der Waals surface area contributed by atoms with Crippen molar-refractivity contribution in [1.82, 2.24) is 5.32 Å². The molecule has 0 saturated heterocycles. The van der Waals surface area contributed by atoms with E-state index in [1.54, 1.807) is 6.92 Å². The van der Waals surface area contributed by atoms with Gasteiger partial charge in [-0.25, -0.2) is 0 Å². The van der Waals surface area contributed by atoms with E-state index >= 15 is 0 Å². The van der Waals surface area contributed by atoms with Gasteiger partial charge < -0.3 is 10.4 Å². The maximum absolute atomic E-state index is 11.7. The Morgan fingerprint density at radius 2 is 2.00 bits per heavy atom. The minimum Gasteiger partial charge on any atom is -0.393 e. The van der Waals surface area contributed by atoms with E-state index in [0.29, 0.717) is 12.5 Å². The monoisotopic (exact) mass is 213 g/mol. The highest BCUT2D eigenvalue weighted by molar-refractivity contribution is 5.78. The van der Waals surface area contributed by atoms with E-state index in [9.17, 15) is 9.90 Å². The highest BCUT2D eigenvalue weighted by Crippen LogP contribution is 2.24. The molecular formula is C12H23NO2. The Kier molecular flexibility index (Phi) is 5.09. The van der Waals surface area contributed by atoms with E-state index in [-0.39, 0.29) is 17.9 Å². The molecule has 0 spiro atoms. The predicted molar refractivity (Wildman–Crippen MR) is 60.4 cm³/mol. The molecule has 0 aliphatic heterocycles. The largest absolute Gasteiger partial charge is 0.393 e. The van der Waals surface area contributed by atoms with Crippen LogP contribution in [0.5, 0.6) is 0 Å². The minimum atomic E-state index is -0.275. The lowest BCUT2D eigenvalue weighted by Gasteiger charge is -2.16. The fourth-order valence-corrected chi connectivity index (χ4v) is 2.27. The fourth-order valence-electron chi connectivity index (χ4n) is 2.27. The third-order valence-corrected chi connectivity index (χ3v) is 3.09. The number of hydrogen-bond donors (Lipinski definition) is 2. The number of carbonyl (C=O) groups is 1. The van der Waals surface area contributed by atoms with Crippen molar-refractivity contribution < 1.29 is 9.90 Å². The van der Waals surface area contributed by atoms with E-state index in [0.717, 1.165) is 19.3 Å². The molecule has 1 saturated carbocycles. The molecule has 1 aliphatic rings. The van der Waals surface area contributed by atoms with Crippen molar-refractivity contribution in [1.29, 1.82) is 0 Å². The Morgan fingerprint density at radius 3 is 2.53 bits per heavy atom. The molecule has 0 heterocycles. The number of hydrogen-bond acceptors (Lipinski definition) is 2. The molecule has 2 N–H and O–H groups in total. The van der Waals surface area contributed by atoms with Crippen LogP contribution in [0.15, 0.2) is 0 Å². The maximum atomic E-state index is 11.7. The topological polar surface area (TPSA) is 49.3 Å². The first kappa shape index (κ1) is 12.5. The molecule has 3 nitrogen and oxygen atoms in total. The van der Waals surface area contributed by atoms with Crippen LogP contribution in [0.4, 0.5) is 0 Å². The van der Waals surface area contributed by atoms with Gasteiger partial charge in [0.05, 0.1) is 6.10 Å². The second-order valence-corrected chi connectivity index (χ2v) is 4.92. The summed E-state index contributed by atoms with van der Waals surface area (Å²) in [6.07, 6.45) is 4.98. The van der Waals surface area contributed by atoms with Gasteiger partial charge in [-0.3, -0.25) is 4.79 Å². The van der Waals surface area contributed by atoms with Gasteiger partial charge in [0.15, 0.2) is 0 Å². The molecule has 0 aromatic heterocycles. The lowest BCUT2D eigenvalue weighted by molar-refractivity contribution is -0.125. The highest BCUT2D eigenvalue weighted by atomic mass is 16.3. The zero-order valence-electron chi connectivity index (χ0n) is 9.83. The zero-order valence-corrected chi connectivity index (χ0v) is 9.83. The first-order valence-electron chi connectivity index (χ1n) is 6.05. The Balaban J connectivity index is 2.15. The molecule has 15 heavy (non-hydrogen) atoms. The van der Waals surface area contributed by atoms with Crippen LogP contribution in [-0.2, 0) is 4.79 Å². The van der Waals surface area contributed by atoms with Gasteiger partial charge in [-0.1, -0.05) is 19.8 Å². The molecular weight excluding hydrogens is 190 g/mol. The van der Waals surface area contributed by atoms with Gasteiger partial charge in [0, 0.05) is 12.5 Å². The van der Waals surface area contributed by atoms with E-state index in [1.165, 1.54) is 12.8 Å². The number of aliphatic hydroxyl groups excluding tert-OH is 1. The van der Waals surface area contributed by atoms with Crippen molar-refractivity contribution in [3.8, 4) is 0 Å². The van der Waals surface area contributed by atoms with Crippen LogP contribution in [0.1, 0.15) is 46.0 Å². The number of aliphatic hydroxyl groups is 1. The van der Waals surface area contributed by atoms with Crippen LogP contribution < -0.4 is 5.32 Å². The quantitative estimate of drug-likeness (QED) is 0.730. The molecule has 88 valence electrons. The summed E-state index contributed by atoms with van der Waals surface area (Å²) < 4.78 is 0. The van der Waals surface area contributed by atoms with Gasteiger partial charge in [-0.2, -0.15) is 0 Å². The summed E-state index contributed by atoms with van der Waals surface area (Å²) in [5, 5.41) is 12.2. The van der Waals surface area contributed by atoms with E-state index < -0.39 is 0 Å². The van der Waals surface area contributed by atoms with Crippen LogP contribution >= 0.6 is 0 Å². The average Bonchev–Trinajstić information content (AvgIpc) is 2.65. The highest BCUT2D eigenvalue weighted by Gasteiger charge is 2.22. The molecule has 3 heteroatoms. The Hall–Kier alpha value is -0.570. The number of nitrogens with one attached hydrogen (secondary N) is 1. The predicted octanol–water partition coefficient (Wildman–Crippen LogP) is 1.70. The first-order valence-corrected chi connectivity index (χ1v) is 6.05. The Morgan fingerprint density at radius 1 is 1.40 bits per heavy atom. The third kappa shape index (κ3) is 4.65. The van der Waals surface area contributed by atoms with E-state index in [2.05, 4.69) is 12.2 Å². The van der Waals surface area contributed by atoms with Crippen molar-refractivity contribution in [2.24, 2.45) is 11.8 Å². The molecule has 0 aromatic carbocycles. The van der Waals surface area contributed by atoms with Gasteiger partial charge in [0.2, 0.25) is 5.91 Å². The van der Waals surface area contributed by atoms with E-state index in [1.807, 2.05) is 0 Å². The Labute approximate surface area is 92.3 Å². The smallest absolute Gasteiger partial charge is 0.223 e. The summed E-state index contributed by atoms with van der Waals surface area (Å²) in [6, 6.07) is 0. The second-order valence-electron chi connectivity index (χ2n) is 4.92.